The van der Waals surface area contributed by atoms with Crippen LogP contribution in [0.15, 0.2) is 23.0 Å². The number of benzene rings is 1. The van der Waals surface area contributed by atoms with Crippen LogP contribution in [0.25, 0.3) is 11.0 Å². The van der Waals surface area contributed by atoms with Crippen molar-refractivity contribution in [3.8, 4) is 0 Å². The van der Waals surface area contributed by atoms with Gasteiger partial charge >= 0.3 is 5.69 Å². The molecule has 1 aromatic carbocycles. The Labute approximate surface area is 106 Å². The molecule has 98 valence electrons. The molecule has 0 fully saturated rings. The van der Waals surface area contributed by atoms with Crippen LogP contribution in [0.1, 0.15) is 25.5 Å². The highest BCUT2D eigenvalue weighted by Gasteiger charge is 2.11. The number of nitrogens with one attached hydrogen (secondary N) is 2. The highest BCUT2D eigenvalue weighted by atomic mass is 16.1. The van der Waals surface area contributed by atoms with Gasteiger partial charge in [-0.2, -0.15) is 0 Å². The largest absolute Gasteiger partial charge is 0.323 e. The van der Waals surface area contributed by atoms with E-state index in [1.54, 1.807) is 0 Å². The monoisotopic (exact) mass is 248 g/mol. The summed E-state index contributed by atoms with van der Waals surface area (Å²) in [6.07, 6.45) is 0. The van der Waals surface area contributed by atoms with E-state index in [4.69, 9.17) is 5.73 Å². The summed E-state index contributed by atoms with van der Waals surface area (Å²) in [7, 11) is 0. The summed E-state index contributed by atoms with van der Waals surface area (Å²) in [4.78, 5) is 19.0. The van der Waals surface area contributed by atoms with Crippen LogP contribution in [0.4, 0.5) is 0 Å². The van der Waals surface area contributed by atoms with Gasteiger partial charge < -0.3 is 20.6 Å². The van der Waals surface area contributed by atoms with E-state index in [0.29, 0.717) is 0 Å². The fourth-order valence-corrected chi connectivity index (χ4v) is 2.15. The smallest absolute Gasteiger partial charge is 0.323 e. The van der Waals surface area contributed by atoms with E-state index in [-0.39, 0.29) is 11.7 Å². The fraction of sp³-hybridized carbons (Fsp3) is 0.462. The molecule has 0 spiro atoms. The van der Waals surface area contributed by atoms with Crippen molar-refractivity contribution in [2.24, 2.45) is 5.73 Å². The fourth-order valence-electron chi connectivity index (χ4n) is 2.15. The maximum absolute atomic E-state index is 11.2. The Balaban J connectivity index is 2.21. The van der Waals surface area contributed by atoms with Crippen LogP contribution in [0, 0.1) is 0 Å². The lowest BCUT2D eigenvalue weighted by Gasteiger charge is -2.22. The number of aromatic nitrogens is 2. The highest BCUT2D eigenvalue weighted by molar-refractivity contribution is 5.75. The summed E-state index contributed by atoms with van der Waals surface area (Å²) in [6, 6.07) is 5.78. The molecule has 2 aromatic rings. The van der Waals surface area contributed by atoms with Gasteiger partial charge in [0.25, 0.3) is 0 Å². The molecule has 0 aliphatic heterocycles. The predicted octanol–water partition coefficient (Wildman–Crippen LogP) is 1.20. The highest BCUT2D eigenvalue weighted by Crippen LogP contribution is 2.16. The van der Waals surface area contributed by atoms with Crippen LogP contribution in [0.2, 0.25) is 0 Å². The molecule has 1 aromatic heterocycles. The van der Waals surface area contributed by atoms with Gasteiger partial charge in [-0.15, -0.1) is 0 Å². The van der Waals surface area contributed by atoms with E-state index in [9.17, 15) is 4.79 Å². The predicted molar refractivity (Wildman–Crippen MR) is 73.6 cm³/mol. The van der Waals surface area contributed by atoms with Gasteiger partial charge in [-0.25, -0.2) is 4.79 Å². The summed E-state index contributed by atoms with van der Waals surface area (Å²) in [5.41, 5.74) is 8.70. The molecule has 1 atom stereocenters. The minimum atomic E-state index is -0.181. The molecule has 5 nitrogen and oxygen atoms in total. The van der Waals surface area contributed by atoms with Gasteiger partial charge in [0.2, 0.25) is 0 Å². The summed E-state index contributed by atoms with van der Waals surface area (Å²) in [6.45, 7) is 7.07. The molecular formula is C13H20N4O. The second-order valence-electron chi connectivity index (χ2n) is 4.48. The summed E-state index contributed by atoms with van der Waals surface area (Å²) < 4.78 is 0. The van der Waals surface area contributed by atoms with Gasteiger partial charge in [0.1, 0.15) is 0 Å². The Morgan fingerprint density at radius 2 is 1.89 bits per heavy atom. The van der Waals surface area contributed by atoms with Gasteiger partial charge in [0.05, 0.1) is 11.0 Å². The minimum Gasteiger partial charge on any atom is -0.323 e. The molecule has 0 saturated heterocycles. The second-order valence-corrected chi connectivity index (χ2v) is 4.48. The minimum absolute atomic E-state index is 0.0345. The van der Waals surface area contributed by atoms with E-state index >= 15 is 0 Å². The Morgan fingerprint density at radius 3 is 2.56 bits per heavy atom. The third-order valence-corrected chi connectivity index (χ3v) is 3.32. The average Bonchev–Trinajstić information content (AvgIpc) is 2.74. The number of rotatable bonds is 5. The molecule has 1 unspecified atom stereocenters. The van der Waals surface area contributed by atoms with Crippen LogP contribution < -0.4 is 11.4 Å². The van der Waals surface area contributed by atoms with Crippen molar-refractivity contribution in [2.45, 2.75) is 19.9 Å². The number of hydrogen-bond donors (Lipinski definition) is 3. The van der Waals surface area contributed by atoms with Crippen LogP contribution in [0.5, 0.6) is 0 Å². The first-order valence-corrected chi connectivity index (χ1v) is 6.34. The van der Waals surface area contributed by atoms with Crippen molar-refractivity contribution in [1.29, 1.82) is 0 Å². The first-order valence-electron chi connectivity index (χ1n) is 6.34. The number of H-pyrrole nitrogens is 2. The Morgan fingerprint density at radius 1 is 1.22 bits per heavy atom. The number of nitrogens with two attached hydrogens (primary N) is 1. The van der Waals surface area contributed by atoms with Crippen LogP contribution in [0.3, 0.4) is 0 Å². The third kappa shape index (κ3) is 2.63. The molecule has 0 amide bonds. The molecule has 4 N–H and O–H groups in total. The van der Waals surface area contributed by atoms with Crippen molar-refractivity contribution in [2.75, 3.05) is 19.6 Å². The molecule has 0 saturated carbocycles. The molecule has 0 radical (unpaired) electrons. The van der Waals surface area contributed by atoms with Gasteiger partial charge in [-0.3, -0.25) is 0 Å². The molecule has 18 heavy (non-hydrogen) atoms. The molecule has 0 aliphatic carbocycles. The zero-order valence-corrected chi connectivity index (χ0v) is 10.9. The van der Waals surface area contributed by atoms with Crippen molar-refractivity contribution < 1.29 is 0 Å². The maximum Gasteiger partial charge on any atom is 0.323 e. The first-order chi connectivity index (χ1) is 8.63. The van der Waals surface area contributed by atoms with Crippen LogP contribution >= 0.6 is 0 Å². The van der Waals surface area contributed by atoms with Crippen molar-refractivity contribution >= 4 is 11.0 Å². The van der Waals surface area contributed by atoms with Gasteiger partial charge in [-0.1, -0.05) is 19.9 Å². The van der Waals surface area contributed by atoms with E-state index < -0.39 is 0 Å². The Bertz CT molecular complexity index is 568. The zero-order valence-electron chi connectivity index (χ0n) is 10.9. The van der Waals surface area contributed by atoms with Crippen molar-refractivity contribution in [3.05, 3.63) is 34.2 Å². The Kier molecular flexibility index (Phi) is 3.84. The molecule has 0 bridgehead atoms. The molecule has 2 rings (SSSR count). The van der Waals surface area contributed by atoms with Gasteiger partial charge in [0, 0.05) is 12.6 Å². The SMILES string of the molecule is CCN(CC)CC(N)c1ccc2[nH]c(=O)[nH]c2c1. The quantitative estimate of drug-likeness (QED) is 0.744. The molecular weight excluding hydrogens is 228 g/mol. The number of imidazole rings is 1. The number of likely N-dealkylation sites (N-methyl/N-ethyl adjacent to an activating group) is 1. The lowest BCUT2D eigenvalue weighted by molar-refractivity contribution is 0.285. The number of hydrogen-bond acceptors (Lipinski definition) is 3. The van der Waals surface area contributed by atoms with E-state index in [2.05, 4.69) is 28.7 Å². The van der Waals surface area contributed by atoms with Crippen LogP contribution in [-0.4, -0.2) is 34.5 Å². The number of aromatic amines is 2. The summed E-state index contributed by atoms with van der Waals surface area (Å²) in [5, 5.41) is 0. The van der Waals surface area contributed by atoms with Crippen molar-refractivity contribution in [3.63, 3.8) is 0 Å². The first kappa shape index (κ1) is 12.9. The van der Waals surface area contributed by atoms with E-state index in [0.717, 1.165) is 36.2 Å². The molecule has 5 heteroatoms. The van der Waals surface area contributed by atoms with Gasteiger partial charge in [0.15, 0.2) is 0 Å². The maximum atomic E-state index is 11.2. The summed E-state index contributed by atoms with van der Waals surface area (Å²) in [5.74, 6) is 0. The molecule has 0 aliphatic rings. The Hall–Kier alpha value is -1.59. The lowest BCUT2D eigenvalue weighted by atomic mass is 10.1. The second kappa shape index (κ2) is 5.37. The standard InChI is InChI=1S/C13H20N4O/c1-3-17(4-2)8-10(14)9-5-6-11-12(7-9)16-13(18)15-11/h5-7,10H,3-4,8,14H2,1-2H3,(H2,15,16,18). The summed E-state index contributed by atoms with van der Waals surface area (Å²) >= 11 is 0. The lowest BCUT2D eigenvalue weighted by Crippen LogP contribution is -2.31. The normalized spacial score (nSPS) is 13.3. The zero-order chi connectivity index (χ0) is 13.1. The van der Waals surface area contributed by atoms with E-state index in [1.807, 2.05) is 18.2 Å². The number of fused-ring (bicyclic) bond motifs is 1. The van der Waals surface area contributed by atoms with Crippen LogP contribution in [-0.2, 0) is 0 Å². The average molecular weight is 248 g/mol. The van der Waals surface area contributed by atoms with Crippen molar-refractivity contribution in [1.82, 2.24) is 14.9 Å². The topological polar surface area (TPSA) is 77.9 Å². The van der Waals surface area contributed by atoms with E-state index in [1.165, 1.54) is 0 Å². The molecule has 1 heterocycles. The number of nitrogens with zero attached hydrogens (tertiary/aromatic N) is 1. The van der Waals surface area contributed by atoms with Gasteiger partial charge in [-0.05, 0) is 30.8 Å². The third-order valence-electron chi connectivity index (χ3n) is 3.32.